The third-order valence-electron chi connectivity index (χ3n) is 2.82. The molecule has 0 bridgehead atoms. The topological polar surface area (TPSA) is 92.5 Å². The second kappa shape index (κ2) is 4.08. The second-order valence-corrected chi connectivity index (χ2v) is 3.99. The Bertz CT molecular complexity index is 829. The Morgan fingerprint density at radius 3 is 2.95 bits per heavy atom. The minimum Gasteiger partial charge on any atom is -0.398 e. The third-order valence-corrected chi connectivity index (χ3v) is 2.82. The van der Waals surface area contributed by atoms with Gasteiger partial charge in [-0.05, 0) is 18.5 Å². The summed E-state index contributed by atoms with van der Waals surface area (Å²) in [6.45, 7) is -1.70. The van der Waals surface area contributed by atoms with Crippen molar-refractivity contribution in [3.8, 4) is 0 Å². The highest BCUT2D eigenvalue weighted by molar-refractivity contribution is 6.06. The van der Waals surface area contributed by atoms with E-state index in [1.807, 2.05) is 0 Å². The molecule has 3 N–H and O–H groups in total. The molecule has 0 aromatic heterocycles. The summed E-state index contributed by atoms with van der Waals surface area (Å²) in [4.78, 5) is 37.0. The molecule has 0 aliphatic carbocycles. The summed E-state index contributed by atoms with van der Waals surface area (Å²) in [5, 5.41) is 1.59. The fourth-order valence-electron chi connectivity index (χ4n) is 1.93. The van der Waals surface area contributed by atoms with Crippen molar-refractivity contribution >= 4 is 23.4 Å². The van der Waals surface area contributed by atoms with Crippen molar-refractivity contribution in [2.24, 2.45) is 0 Å². The molecule has 0 saturated carbocycles. The zero-order chi connectivity index (χ0) is 18.9. The van der Waals surface area contributed by atoms with Gasteiger partial charge in [-0.15, -0.1) is 0 Å². The normalized spacial score (nSPS) is 40.1. The molecule has 2 aliphatic heterocycles. The predicted molar refractivity (Wildman–Crippen MR) is 66.9 cm³/mol. The number of nitrogens with zero attached hydrogens (tertiary/aromatic N) is 1. The van der Waals surface area contributed by atoms with Crippen LogP contribution in [-0.4, -0.2) is 28.6 Å². The van der Waals surface area contributed by atoms with Crippen molar-refractivity contribution in [1.29, 1.82) is 0 Å². The minimum absolute atomic E-state index is 0.000172. The van der Waals surface area contributed by atoms with E-state index >= 15 is 0 Å². The highest BCUT2D eigenvalue weighted by atomic mass is 16.2. The number of benzene rings is 1. The highest BCUT2D eigenvalue weighted by Gasteiger charge is 2.39. The molecule has 2 unspecified atom stereocenters. The van der Waals surface area contributed by atoms with E-state index in [-0.39, 0.29) is 16.8 Å². The van der Waals surface area contributed by atoms with Crippen molar-refractivity contribution in [2.45, 2.75) is 25.3 Å². The zero-order valence-corrected chi connectivity index (χ0v) is 9.56. The van der Waals surface area contributed by atoms with Gasteiger partial charge in [-0.25, -0.2) is 0 Å². The van der Waals surface area contributed by atoms with Gasteiger partial charge in [0.2, 0.25) is 11.8 Å². The molecule has 1 fully saturated rings. The van der Waals surface area contributed by atoms with Gasteiger partial charge in [-0.2, -0.15) is 0 Å². The maximum atomic E-state index is 12.7. The quantitative estimate of drug-likeness (QED) is 0.553. The van der Waals surface area contributed by atoms with Crippen LogP contribution < -0.4 is 11.1 Å². The van der Waals surface area contributed by atoms with Crippen molar-refractivity contribution in [1.82, 2.24) is 10.2 Å². The molecule has 2 atom stereocenters. The van der Waals surface area contributed by atoms with E-state index in [4.69, 9.17) is 14.0 Å². The lowest BCUT2D eigenvalue weighted by molar-refractivity contribution is -0.136. The van der Waals surface area contributed by atoms with Crippen molar-refractivity contribution in [3.63, 3.8) is 0 Å². The molecule has 3 amide bonds. The molecule has 0 spiro atoms. The van der Waals surface area contributed by atoms with Crippen molar-refractivity contribution in [3.05, 3.63) is 29.3 Å². The highest BCUT2D eigenvalue weighted by Crippen LogP contribution is 2.30. The number of carbonyl (C=O) groups is 3. The average molecular weight is 265 g/mol. The molecule has 1 aromatic rings. The smallest absolute Gasteiger partial charge is 0.255 e. The number of anilines is 1. The predicted octanol–water partition coefficient (Wildman–Crippen LogP) is 0.0298. The Morgan fingerprint density at radius 1 is 1.42 bits per heavy atom. The maximum Gasteiger partial charge on any atom is 0.255 e. The maximum absolute atomic E-state index is 12.7. The van der Waals surface area contributed by atoms with Crippen LogP contribution in [0.2, 0.25) is 0 Å². The monoisotopic (exact) mass is 265 g/mol. The van der Waals surface area contributed by atoms with E-state index in [2.05, 4.69) is 0 Å². The van der Waals surface area contributed by atoms with Crippen LogP contribution >= 0.6 is 0 Å². The average Bonchev–Trinajstić information content (AvgIpc) is 2.77. The van der Waals surface area contributed by atoms with E-state index in [0.717, 1.165) is 0 Å². The number of nitrogens with one attached hydrogen (secondary N) is 1. The van der Waals surface area contributed by atoms with Gasteiger partial charge in [0.15, 0.2) is 0 Å². The summed E-state index contributed by atoms with van der Waals surface area (Å²) in [6.07, 6.45) is -6.69. The summed E-state index contributed by atoms with van der Waals surface area (Å²) in [7, 11) is 0. The second-order valence-electron chi connectivity index (χ2n) is 3.99. The number of nitrogens with two attached hydrogens (primary N) is 1. The van der Waals surface area contributed by atoms with E-state index in [1.54, 1.807) is 5.32 Å². The lowest BCUT2D eigenvalue weighted by Crippen LogP contribution is -2.52. The summed E-state index contributed by atoms with van der Waals surface area (Å²) >= 11 is 0. The van der Waals surface area contributed by atoms with Gasteiger partial charge < -0.3 is 10.6 Å². The van der Waals surface area contributed by atoms with Crippen LogP contribution in [0, 0.1) is 0 Å². The Balaban J connectivity index is 2.22. The summed E-state index contributed by atoms with van der Waals surface area (Å²) in [5.74, 6) is -4.08. The van der Waals surface area contributed by atoms with E-state index in [9.17, 15) is 14.4 Å². The lowest BCUT2D eigenvalue weighted by Gasteiger charge is -2.29. The zero-order valence-electron chi connectivity index (χ0n) is 15.6. The van der Waals surface area contributed by atoms with Gasteiger partial charge >= 0.3 is 0 Å². The van der Waals surface area contributed by atoms with E-state index < -0.39 is 43.0 Å². The molecule has 2 aliphatic rings. The van der Waals surface area contributed by atoms with Crippen LogP contribution in [0.3, 0.4) is 0 Å². The van der Waals surface area contributed by atoms with Gasteiger partial charge in [0, 0.05) is 35.2 Å². The largest absolute Gasteiger partial charge is 0.398 e. The van der Waals surface area contributed by atoms with Crippen molar-refractivity contribution in [2.75, 3.05) is 5.73 Å². The Morgan fingerprint density at radius 2 is 2.21 bits per heavy atom. The number of nitrogen functional groups attached to an aromatic ring is 1. The number of piperidine rings is 1. The van der Waals surface area contributed by atoms with Gasteiger partial charge in [0.25, 0.3) is 5.91 Å². The third kappa shape index (κ3) is 1.76. The first-order valence-electron chi connectivity index (χ1n) is 8.47. The van der Waals surface area contributed by atoms with Gasteiger partial charge in [-0.1, -0.05) is 6.07 Å². The molecule has 3 rings (SSSR count). The Hall–Kier alpha value is -2.37. The first-order valence-corrected chi connectivity index (χ1v) is 5.39. The molecular weight excluding hydrogens is 246 g/mol. The van der Waals surface area contributed by atoms with Gasteiger partial charge in [-0.3, -0.25) is 19.7 Å². The van der Waals surface area contributed by atoms with Crippen LogP contribution in [0.4, 0.5) is 5.69 Å². The van der Waals surface area contributed by atoms with Crippen LogP contribution in [-0.2, 0) is 16.1 Å². The molecule has 98 valence electrons. The number of fused-ring (bicyclic) bond motifs is 1. The number of imide groups is 1. The fraction of sp³-hybridized carbons (Fsp3) is 0.308. The molecule has 6 heteroatoms. The van der Waals surface area contributed by atoms with Crippen LogP contribution in [0.15, 0.2) is 18.2 Å². The molecule has 1 aromatic carbocycles. The summed E-state index contributed by atoms with van der Waals surface area (Å²) in [5.41, 5.74) is 5.73. The molecule has 19 heavy (non-hydrogen) atoms. The van der Waals surface area contributed by atoms with Crippen LogP contribution in [0.5, 0.6) is 0 Å². The SMILES string of the molecule is [2H]C1c2c(N)cccc2C(=O)N1C1([2H])C(=O)NC(=O)C([2H])([2H])C1([2H])[2H]. The number of hydrogen-bond acceptors (Lipinski definition) is 4. The molecule has 1 saturated heterocycles. The fourth-order valence-corrected chi connectivity index (χ4v) is 1.93. The number of amides is 3. The Labute approximate surface area is 118 Å². The van der Waals surface area contributed by atoms with Crippen LogP contribution in [0.1, 0.15) is 36.9 Å². The van der Waals surface area contributed by atoms with Crippen molar-refractivity contribution < 1.29 is 22.6 Å². The van der Waals surface area contributed by atoms with E-state index in [0.29, 0.717) is 4.90 Å². The molecular formula is C13H13N3O3. The number of rotatable bonds is 1. The van der Waals surface area contributed by atoms with Gasteiger partial charge in [0.05, 0.1) is 2.74 Å². The minimum atomic E-state index is -3.41. The lowest BCUT2D eigenvalue weighted by atomic mass is 10.0. The number of hydrogen-bond donors (Lipinski definition) is 2. The van der Waals surface area contributed by atoms with E-state index in [1.165, 1.54) is 18.2 Å². The molecule has 6 nitrogen and oxygen atoms in total. The summed E-state index contributed by atoms with van der Waals surface area (Å²) in [6, 6.07) is 0.970. The molecule has 2 heterocycles. The van der Waals surface area contributed by atoms with Crippen LogP contribution in [0.25, 0.3) is 0 Å². The van der Waals surface area contributed by atoms with Gasteiger partial charge in [0.1, 0.15) is 6.02 Å². The standard InChI is InChI=1S/C13H13N3O3/c14-9-3-1-2-7-8(9)6-16(13(7)19)10-4-5-11(17)15-12(10)18/h1-3,10H,4-6,14H2,(H,15,17,18)/i4D2,5D2,6D,10D. The summed E-state index contributed by atoms with van der Waals surface area (Å²) < 4.78 is 47.8. The molecule has 0 radical (unpaired) electrons. The first-order chi connectivity index (χ1) is 11.4. The Kier molecular flexibility index (Phi) is 1.44. The first kappa shape index (κ1) is 6.70. The number of carbonyl (C=O) groups excluding carboxylic acids is 3.